The molecule has 0 unspecified atom stereocenters. The smallest absolute Gasteiger partial charge is 0.410 e. The molecule has 0 radical (unpaired) electrons. The molecule has 1 saturated heterocycles. The van der Waals surface area contributed by atoms with Gasteiger partial charge in [0.05, 0.1) is 4.90 Å². The minimum absolute atomic E-state index is 0.167. The molecule has 8 heteroatoms. The number of ether oxygens (including phenoxy) is 1. The minimum atomic E-state index is -3.66. The van der Waals surface area contributed by atoms with E-state index in [1.165, 1.54) is 12.1 Å². The summed E-state index contributed by atoms with van der Waals surface area (Å²) in [7, 11) is -3.66. The Morgan fingerprint density at radius 3 is 2.29 bits per heavy atom. The van der Waals surface area contributed by atoms with E-state index in [9.17, 15) is 13.2 Å². The van der Waals surface area contributed by atoms with Crippen molar-refractivity contribution >= 4 is 21.8 Å². The molecular formula is C16H23N3O4S. The monoisotopic (exact) mass is 353 g/mol. The summed E-state index contributed by atoms with van der Waals surface area (Å²) in [5, 5.41) is 4.00. The number of benzene rings is 1. The van der Waals surface area contributed by atoms with E-state index >= 15 is 0 Å². The first-order chi connectivity index (χ1) is 11.2. The van der Waals surface area contributed by atoms with Crippen molar-refractivity contribution < 1.29 is 17.9 Å². The van der Waals surface area contributed by atoms with Gasteiger partial charge in [-0.3, -0.25) is 0 Å². The number of nitrogens with one attached hydrogen (secondary N) is 1. The van der Waals surface area contributed by atoms with Crippen LogP contribution in [0, 0.1) is 0 Å². The number of hydrazone groups is 1. The fourth-order valence-corrected chi connectivity index (χ4v) is 3.03. The lowest BCUT2D eigenvalue weighted by atomic mass is 10.1. The summed E-state index contributed by atoms with van der Waals surface area (Å²) in [6, 6.07) is 8.07. The summed E-state index contributed by atoms with van der Waals surface area (Å²) in [5.74, 6) is 0. The van der Waals surface area contributed by atoms with Gasteiger partial charge in [0.25, 0.3) is 10.0 Å². The van der Waals surface area contributed by atoms with Crippen LogP contribution in [0.3, 0.4) is 0 Å². The first-order valence-corrected chi connectivity index (χ1v) is 9.26. The second kappa shape index (κ2) is 7.21. The van der Waals surface area contributed by atoms with Crippen LogP contribution >= 0.6 is 0 Å². The Hall–Kier alpha value is -2.09. The number of nitrogens with zero attached hydrogens (tertiary/aromatic N) is 2. The molecule has 1 N–H and O–H groups in total. The van der Waals surface area contributed by atoms with E-state index in [4.69, 9.17) is 4.74 Å². The second-order valence-electron chi connectivity index (χ2n) is 6.55. The third-order valence-corrected chi connectivity index (χ3v) is 4.59. The summed E-state index contributed by atoms with van der Waals surface area (Å²) >= 11 is 0. The molecule has 2 rings (SSSR count). The van der Waals surface area contributed by atoms with Crippen molar-refractivity contribution in [1.82, 2.24) is 9.73 Å². The van der Waals surface area contributed by atoms with Crippen molar-refractivity contribution in [3.8, 4) is 0 Å². The van der Waals surface area contributed by atoms with Crippen LogP contribution < -0.4 is 4.83 Å². The number of hydrogen-bond donors (Lipinski definition) is 1. The van der Waals surface area contributed by atoms with E-state index in [0.29, 0.717) is 31.6 Å². The van der Waals surface area contributed by atoms with Gasteiger partial charge in [-0.1, -0.05) is 18.2 Å². The predicted octanol–water partition coefficient (Wildman–Crippen LogP) is 2.35. The molecule has 132 valence electrons. The van der Waals surface area contributed by atoms with Crippen LogP contribution in [0.25, 0.3) is 0 Å². The van der Waals surface area contributed by atoms with Gasteiger partial charge >= 0.3 is 6.09 Å². The van der Waals surface area contributed by atoms with Crippen LogP contribution in [0.4, 0.5) is 4.79 Å². The molecule has 0 aromatic heterocycles. The number of carbonyl (C=O) groups is 1. The van der Waals surface area contributed by atoms with Crippen LogP contribution in [-0.2, 0) is 14.8 Å². The predicted molar refractivity (Wildman–Crippen MR) is 91.2 cm³/mol. The zero-order chi connectivity index (χ0) is 17.8. The Morgan fingerprint density at radius 2 is 1.75 bits per heavy atom. The third-order valence-electron chi connectivity index (χ3n) is 3.37. The highest BCUT2D eigenvalue weighted by Crippen LogP contribution is 2.14. The molecule has 1 fully saturated rings. The maximum atomic E-state index is 12.1. The van der Waals surface area contributed by atoms with Crippen LogP contribution in [0.1, 0.15) is 33.6 Å². The fraction of sp³-hybridized carbons (Fsp3) is 0.500. The number of hydrogen-bond acceptors (Lipinski definition) is 5. The molecule has 24 heavy (non-hydrogen) atoms. The Balaban J connectivity index is 1.90. The first kappa shape index (κ1) is 18.3. The van der Waals surface area contributed by atoms with Crippen molar-refractivity contribution in [2.45, 2.75) is 44.1 Å². The number of carbonyl (C=O) groups excluding carboxylic acids is 1. The van der Waals surface area contributed by atoms with Gasteiger partial charge in [-0.2, -0.15) is 13.5 Å². The lowest BCUT2D eigenvalue weighted by molar-refractivity contribution is 0.0249. The first-order valence-electron chi connectivity index (χ1n) is 7.78. The molecule has 1 heterocycles. The van der Waals surface area contributed by atoms with Gasteiger partial charge in [0.15, 0.2) is 0 Å². The van der Waals surface area contributed by atoms with Crippen LogP contribution in [0.5, 0.6) is 0 Å². The SMILES string of the molecule is CC(C)(C)OC(=O)N1CCC(=NNS(=O)(=O)c2ccccc2)CC1. The van der Waals surface area contributed by atoms with Gasteiger partial charge in [0.2, 0.25) is 0 Å². The van der Waals surface area contributed by atoms with E-state index < -0.39 is 15.6 Å². The lowest BCUT2D eigenvalue weighted by Crippen LogP contribution is -2.42. The minimum Gasteiger partial charge on any atom is -0.444 e. The van der Waals surface area contributed by atoms with Gasteiger partial charge in [-0.25, -0.2) is 9.63 Å². The van der Waals surface area contributed by atoms with E-state index in [2.05, 4.69) is 9.93 Å². The number of likely N-dealkylation sites (tertiary alicyclic amines) is 1. The average Bonchev–Trinajstić information content (AvgIpc) is 2.53. The van der Waals surface area contributed by atoms with Crippen LogP contribution in [0.2, 0.25) is 0 Å². The summed E-state index contributed by atoms with van der Waals surface area (Å²) in [6.45, 7) is 6.38. The maximum absolute atomic E-state index is 12.1. The Kier molecular flexibility index (Phi) is 5.48. The Morgan fingerprint density at radius 1 is 1.17 bits per heavy atom. The lowest BCUT2D eigenvalue weighted by Gasteiger charge is -2.30. The van der Waals surface area contributed by atoms with Crippen molar-refractivity contribution in [3.05, 3.63) is 30.3 Å². The van der Waals surface area contributed by atoms with Crippen molar-refractivity contribution in [1.29, 1.82) is 0 Å². The topological polar surface area (TPSA) is 88.1 Å². The standard InChI is InChI=1S/C16H23N3O4S/c1-16(2,3)23-15(20)19-11-9-13(10-12-19)17-18-24(21,22)14-7-5-4-6-8-14/h4-8,18H,9-12H2,1-3H3. The van der Waals surface area contributed by atoms with Gasteiger partial charge in [0, 0.05) is 31.6 Å². The largest absolute Gasteiger partial charge is 0.444 e. The summed E-state index contributed by atoms with van der Waals surface area (Å²) in [5.41, 5.74) is 0.186. The molecule has 7 nitrogen and oxygen atoms in total. The van der Waals surface area contributed by atoms with Crippen molar-refractivity contribution in [2.24, 2.45) is 5.10 Å². The molecule has 1 aromatic rings. The molecule has 0 atom stereocenters. The molecule has 0 saturated carbocycles. The highest BCUT2D eigenvalue weighted by Gasteiger charge is 2.25. The molecule has 1 aliphatic heterocycles. The number of sulfonamides is 1. The molecular weight excluding hydrogens is 330 g/mol. The zero-order valence-electron chi connectivity index (χ0n) is 14.2. The van der Waals surface area contributed by atoms with E-state index in [1.807, 2.05) is 20.8 Å². The van der Waals surface area contributed by atoms with E-state index in [0.717, 1.165) is 0 Å². The zero-order valence-corrected chi connectivity index (χ0v) is 15.0. The fourth-order valence-electron chi connectivity index (χ4n) is 2.16. The number of rotatable bonds is 3. The highest BCUT2D eigenvalue weighted by atomic mass is 32.2. The number of piperidine rings is 1. The summed E-state index contributed by atoms with van der Waals surface area (Å²) < 4.78 is 29.5. The van der Waals surface area contributed by atoms with E-state index in [-0.39, 0.29) is 11.0 Å². The van der Waals surface area contributed by atoms with E-state index in [1.54, 1.807) is 23.1 Å². The summed E-state index contributed by atoms with van der Waals surface area (Å²) in [6.07, 6.45) is 0.666. The highest BCUT2D eigenvalue weighted by molar-refractivity contribution is 7.89. The van der Waals surface area contributed by atoms with Crippen LogP contribution in [-0.4, -0.2) is 43.8 Å². The van der Waals surface area contributed by atoms with Crippen molar-refractivity contribution in [2.75, 3.05) is 13.1 Å². The molecule has 0 spiro atoms. The van der Waals surface area contributed by atoms with Crippen molar-refractivity contribution in [3.63, 3.8) is 0 Å². The Labute approximate surface area is 142 Å². The molecule has 1 aliphatic rings. The van der Waals surface area contributed by atoms with Gasteiger partial charge < -0.3 is 9.64 Å². The van der Waals surface area contributed by atoms with Gasteiger partial charge in [0.1, 0.15) is 5.60 Å². The summed E-state index contributed by atoms with van der Waals surface area (Å²) in [4.78, 5) is 16.0. The van der Waals surface area contributed by atoms with Crippen LogP contribution in [0.15, 0.2) is 40.3 Å². The van der Waals surface area contributed by atoms with Gasteiger partial charge in [-0.05, 0) is 32.9 Å². The average molecular weight is 353 g/mol. The van der Waals surface area contributed by atoms with Gasteiger partial charge in [-0.15, -0.1) is 0 Å². The number of amides is 1. The quantitative estimate of drug-likeness (QED) is 0.845. The third kappa shape index (κ3) is 5.23. The molecule has 1 aromatic carbocycles. The normalized spacial score (nSPS) is 15.8. The Bertz CT molecular complexity index is 699. The molecule has 0 aliphatic carbocycles. The molecule has 0 bridgehead atoms. The molecule has 1 amide bonds. The maximum Gasteiger partial charge on any atom is 0.410 e. The second-order valence-corrected chi connectivity index (χ2v) is 8.21.